The molecule has 9 heteroatoms. The number of hydrogen-bond acceptors (Lipinski definition) is 4. The van der Waals surface area contributed by atoms with Gasteiger partial charge >= 0.3 is 0 Å². The van der Waals surface area contributed by atoms with Crippen LogP contribution in [0.5, 0.6) is 0 Å². The first-order valence-corrected chi connectivity index (χ1v) is 8.65. The summed E-state index contributed by atoms with van der Waals surface area (Å²) in [5.41, 5.74) is 1.97. The predicted molar refractivity (Wildman–Crippen MR) is 114 cm³/mol. The lowest BCUT2D eigenvalue weighted by molar-refractivity contribution is 0.372. The van der Waals surface area contributed by atoms with Crippen LogP contribution in [-0.4, -0.2) is 41.2 Å². The minimum absolute atomic E-state index is 0. The zero-order valence-corrected chi connectivity index (χ0v) is 17.7. The number of rotatable bonds is 7. The maximum absolute atomic E-state index is 13.2. The third-order valence-electron chi connectivity index (χ3n) is 4.07. The Balaban J connectivity index is 0.00000261. The molecule has 0 saturated carbocycles. The van der Waals surface area contributed by atoms with Gasteiger partial charge in [0.15, 0.2) is 11.8 Å². The Morgan fingerprint density at radius 2 is 2.07 bits per heavy atom. The van der Waals surface area contributed by atoms with E-state index in [1.165, 1.54) is 12.1 Å². The number of aliphatic imine (C=N–C) groups is 1. The highest BCUT2D eigenvalue weighted by atomic mass is 127. The summed E-state index contributed by atoms with van der Waals surface area (Å²) in [6, 6.07) is 4.80. The van der Waals surface area contributed by atoms with Gasteiger partial charge in [0.1, 0.15) is 5.82 Å². The summed E-state index contributed by atoms with van der Waals surface area (Å²) >= 11 is 0. The average molecular weight is 486 g/mol. The zero-order chi connectivity index (χ0) is 18.4. The fraction of sp³-hybridized carbons (Fsp3) is 0.389. The average Bonchev–Trinajstić information content (AvgIpc) is 3.22. The minimum atomic E-state index is -0.232. The molecule has 0 fully saturated rings. The first kappa shape index (κ1) is 21.1. The van der Waals surface area contributed by atoms with E-state index in [9.17, 15) is 4.39 Å². The van der Waals surface area contributed by atoms with Gasteiger partial charge in [-0.25, -0.2) is 4.39 Å². The zero-order valence-electron chi connectivity index (χ0n) is 15.4. The molecule has 0 aliphatic carbocycles. The van der Waals surface area contributed by atoms with Crippen molar-refractivity contribution in [1.29, 1.82) is 0 Å². The van der Waals surface area contributed by atoms with Crippen LogP contribution in [-0.2, 0) is 12.8 Å². The van der Waals surface area contributed by atoms with E-state index < -0.39 is 0 Å². The van der Waals surface area contributed by atoms with E-state index in [4.69, 9.17) is 4.52 Å². The molecule has 3 N–H and O–H groups in total. The van der Waals surface area contributed by atoms with Crippen molar-refractivity contribution in [3.8, 4) is 0 Å². The topological polar surface area (TPSA) is 91.1 Å². The van der Waals surface area contributed by atoms with Crippen LogP contribution in [0.2, 0.25) is 0 Å². The molecule has 2 aromatic heterocycles. The van der Waals surface area contributed by atoms with Gasteiger partial charge in [0.2, 0.25) is 5.89 Å². The van der Waals surface area contributed by atoms with E-state index in [0.29, 0.717) is 11.7 Å². The SMILES string of the molecule is CN=C(NCCCc1nc(C)no1)NCCc1c[nH]c2cc(F)ccc12.I. The van der Waals surface area contributed by atoms with Crippen molar-refractivity contribution in [2.24, 2.45) is 4.99 Å². The van der Waals surface area contributed by atoms with Gasteiger partial charge in [0, 0.05) is 43.7 Å². The Kier molecular flexibility index (Phi) is 8.01. The summed E-state index contributed by atoms with van der Waals surface area (Å²) in [4.78, 5) is 11.5. The monoisotopic (exact) mass is 486 g/mol. The van der Waals surface area contributed by atoms with Gasteiger partial charge in [0.25, 0.3) is 0 Å². The Morgan fingerprint density at radius 3 is 2.81 bits per heavy atom. The predicted octanol–water partition coefficient (Wildman–Crippen LogP) is 2.96. The largest absolute Gasteiger partial charge is 0.361 e. The Labute approximate surface area is 174 Å². The molecule has 7 nitrogen and oxygen atoms in total. The molecule has 0 amide bonds. The minimum Gasteiger partial charge on any atom is -0.361 e. The smallest absolute Gasteiger partial charge is 0.226 e. The molecule has 0 aliphatic heterocycles. The van der Waals surface area contributed by atoms with Gasteiger partial charge in [-0.05, 0) is 43.5 Å². The van der Waals surface area contributed by atoms with Crippen LogP contribution in [0.1, 0.15) is 23.7 Å². The third-order valence-corrected chi connectivity index (χ3v) is 4.07. The second-order valence-corrected chi connectivity index (χ2v) is 6.02. The van der Waals surface area contributed by atoms with Crippen molar-refractivity contribution in [2.45, 2.75) is 26.2 Å². The third kappa shape index (κ3) is 5.91. The molecule has 0 aliphatic rings. The lowest BCUT2D eigenvalue weighted by atomic mass is 10.1. The number of halogens is 2. The molecule has 0 atom stereocenters. The van der Waals surface area contributed by atoms with E-state index >= 15 is 0 Å². The maximum atomic E-state index is 13.2. The number of guanidine groups is 1. The summed E-state index contributed by atoms with van der Waals surface area (Å²) in [7, 11) is 1.74. The second kappa shape index (κ2) is 10.2. The molecule has 146 valence electrons. The number of hydrogen-bond donors (Lipinski definition) is 3. The highest BCUT2D eigenvalue weighted by Crippen LogP contribution is 2.19. The highest BCUT2D eigenvalue weighted by molar-refractivity contribution is 14.0. The van der Waals surface area contributed by atoms with Crippen molar-refractivity contribution in [3.63, 3.8) is 0 Å². The molecule has 3 aromatic rings. The molecule has 1 aromatic carbocycles. The number of aromatic amines is 1. The molecule has 0 bridgehead atoms. The lowest BCUT2D eigenvalue weighted by Gasteiger charge is -2.11. The van der Waals surface area contributed by atoms with Crippen LogP contribution in [0.25, 0.3) is 10.9 Å². The molecule has 0 spiro atoms. The van der Waals surface area contributed by atoms with Crippen molar-refractivity contribution < 1.29 is 8.91 Å². The normalized spacial score (nSPS) is 11.4. The van der Waals surface area contributed by atoms with Gasteiger partial charge in [-0.3, -0.25) is 4.99 Å². The van der Waals surface area contributed by atoms with E-state index in [0.717, 1.165) is 54.8 Å². The second-order valence-electron chi connectivity index (χ2n) is 6.02. The fourth-order valence-electron chi connectivity index (χ4n) is 2.79. The Bertz CT molecular complexity index is 891. The first-order valence-electron chi connectivity index (χ1n) is 8.65. The van der Waals surface area contributed by atoms with Crippen LogP contribution in [0.15, 0.2) is 33.9 Å². The van der Waals surface area contributed by atoms with Crippen molar-refractivity contribution >= 4 is 40.8 Å². The van der Waals surface area contributed by atoms with Crippen LogP contribution < -0.4 is 10.6 Å². The summed E-state index contributed by atoms with van der Waals surface area (Å²) in [5.74, 6) is 1.83. The molecule has 0 saturated heterocycles. The Hall–Kier alpha value is -2.17. The van der Waals surface area contributed by atoms with Crippen molar-refractivity contribution in [1.82, 2.24) is 25.8 Å². The van der Waals surface area contributed by atoms with Gasteiger partial charge in [-0.2, -0.15) is 4.98 Å². The van der Waals surface area contributed by atoms with Crippen molar-refractivity contribution in [2.75, 3.05) is 20.1 Å². The van der Waals surface area contributed by atoms with Gasteiger partial charge in [0.05, 0.1) is 0 Å². The molecular weight excluding hydrogens is 462 g/mol. The van der Waals surface area contributed by atoms with Gasteiger partial charge in [-0.15, -0.1) is 24.0 Å². The number of nitrogens with zero attached hydrogens (tertiary/aromatic N) is 3. The standard InChI is InChI=1S/C18H23FN6O.HI/c1-12-24-17(26-25-12)4-3-8-21-18(20-2)22-9-7-13-11-23-16-10-14(19)5-6-15(13)16;/h5-6,10-11,23H,3-4,7-9H2,1-2H3,(H2,20,21,22);1H. The van der Waals surface area contributed by atoms with Crippen LogP contribution in [0.3, 0.4) is 0 Å². The van der Waals surface area contributed by atoms with E-state index in [2.05, 4.69) is 30.8 Å². The van der Waals surface area contributed by atoms with Crippen LogP contribution in [0, 0.1) is 12.7 Å². The van der Waals surface area contributed by atoms with E-state index in [1.54, 1.807) is 14.0 Å². The number of nitrogens with one attached hydrogen (secondary N) is 3. The fourth-order valence-corrected chi connectivity index (χ4v) is 2.79. The summed E-state index contributed by atoms with van der Waals surface area (Å²) < 4.78 is 18.3. The quantitative estimate of drug-likeness (QED) is 0.207. The maximum Gasteiger partial charge on any atom is 0.226 e. The number of H-pyrrole nitrogens is 1. The first-order chi connectivity index (χ1) is 12.7. The lowest BCUT2D eigenvalue weighted by Crippen LogP contribution is -2.38. The number of aromatic nitrogens is 3. The Morgan fingerprint density at radius 1 is 1.26 bits per heavy atom. The highest BCUT2D eigenvalue weighted by Gasteiger charge is 2.06. The summed E-state index contributed by atoms with van der Waals surface area (Å²) in [6.45, 7) is 3.29. The molecule has 0 unspecified atom stereocenters. The molecule has 0 radical (unpaired) electrons. The van der Waals surface area contributed by atoms with E-state index in [1.807, 2.05) is 12.3 Å². The molecular formula is C18H24FIN6O. The molecule has 3 rings (SSSR count). The van der Waals surface area contributed by atoms with E-state index in [-0.39, 0.29) is 29.8 Å². The van der Waals surface area contributed by atoms with Gasteiger partial charge < -0.3 is 20.1 Å². The van der Waals surface area contributed by atoms with Gasteiger partial charge in [-0.1, -0.05) is 5.16 Å². The number of benzene rings is 1. The summed E-state index contributed by atoms with van der Waals surface area (Å²) in [5, 5.41) is 11.4. The van der Waals surface area contributed by atoms with Crippen molar-refractivity contribution in [3.05, 3.63) is 47.5 Å². The molecule has 27 heavy (non-hydrogen) atoms. The number of aryl methyl sites for hydroxylation is 2. The summed E-state index contributed by atoms with van der Waals surface area (Å²) in [6.07, 6.45) is 4.34. The molecule has 2 heterocycles. The van der Waals surface area contributed by atoms with Crippen LogP contribution in [0.4, 0.5) is 4.39 Å². The van der Waals surface area contributed by atoms with Crippen LogP contribution >= 0.6 is 24.0 Å². The number of fused-ring (bicyclic) bond motifs is 1.